The van der Waals surface area contributed by atoms with Gasteiger partial charge in [0.15, 0.2) is 11.0 Å². The van der Waals surface area contributed by atoms with Gasteiger partial charge >= 0.3 is 12.1 Å². The number of hydrogen-bond donors (Lipinski definition) is 0. The lowest BCUT2D eigenvalue weighted by Crippen LogP contribution is -2.57. The van der Waals surface area contributed by atoms with Crippen LogP contribution in [0.5, 0.6) is 6.01 Å². The number of aromatic nitrogens is 3. The second-order valence-electron chi connectivity index (χ2n) is 11.8. The number of anilines is 1. The molecule has 4 atom stereocenters. The third-order valence-corrected chi connectivity index (χ3v) is 8.50. The standard InChI is InChI=1S/C26H32Cl2F2N6O3/c1-25(2,3)39-24(37)36-15-5-6-16(36)12-34(11-15)22-17-19(18(30)21(28)32-20(17)27)31-23(33-22)38-13-26-7-4-8-35(26)10-14(29)9-26/h14-16H,4-13H2,1-3H3/t14-,15?,16?,26+/m1/s1/i13D2. The summed E-state index contributed by atoms with van der Waals surface area (Å²) in [5.74, 6) is -0.744. The lowest BCUT2D eigenvalue weighted by Gasteiger charge is -2.42. The molecule has 4 saturated heterocycles. The summed E-state index contributed by atoms with van der Waals surface area (Å²) < 4.78 is 59.0. The van der Waals surface area contributed by atoms with Crippen LogP contribution in [0.4, 0.5) is 19.4 Å². The first-order valence-corrected chi connectivity index (χ1v) is 14.0. The number of fused-ring (bicyclic) bond motifs is 4. The molecule has 2 aromatic rings. The first-order valence-electron chi connectivity index (χ1n) is 14.3. The van der Waals surface area contributed by atoms with Gasteiger partial charge in [0.25, 0.3) is 0 Å². The van der Waals surface area contributed by atoms with Crippen molar-refractivity contribution in [3.05, 3.63) is 16.1 Å². The summed E-state index contributed by atoms with van der Waals surface area (Å²) in [4.78, 5) is 31.0. The lowest BCUT2D eigenvalue weighted by atomic mass is 9.95. The topological polar surface area (TPSA) is 83.9 Å². The fourth-order valence-corrected chi connectivity index (χ4v) is 6.91. The van der Waals surface area contributed by atoms with Crippen LogP contribution in [-0.4, -0.2) is 93.0 Å². The number of carbonyl (C=O) groups is 1. The van der Waals surface area contributed by atoms with Crippen LogP contribution in [0.1, 0.15) is 55.6 Å². The highest BCUT2D eigenvalue weighted by Crippen LogP contribution is 2.42. The number of amides is 1. The van der Waals surface area contributed by atoms with Gasteiger partial charge in [0.05, 0.1) is 25.8 Å². The third kappa shape index (κ3) is 4.84. The van der Waals surface area contributed by atoms with Crippen LogP contribution in [0.3, 0.4) is 0 Å². The van der Waals surface area contributed by atoms with Gasteiger partial charge < -0.3 is 14.4 Å². The van der Waals surface area contributed by atoms with E-state index in [1.54, 1.807) is 9.80 Å². The van der Waals surface area contributed by atoms with E-state index in [2.05, 4.69) is 15.0 Å². The number of rotatable bonds is 4. The number of ether oxygens (including phenoxy) is 2. The van der Waals surface area contributed by atoms with Gasteiger partial charge in [-0.15, -0.1) is 0 Å². The molecule has 212 valence electrons. The summed E-state index contributed by atoms with van der Waals surface area (Å²) in [6.45, 7) is 4.44. The Kier molecular flexibility index (Phi) is 6.10. The second kappa shape index (κ2) is 9.69. The normalized spacial score (nSPS) is 30.0. The molecule has 0 N–H and O–H groups in total. The molecule has 4 fully saturated rings. The summed E-state index contributed by atoms with van der Waals surface area (Å²) in [6.07, 6.45) is 0.999. The minimum absolute atomic E-state index is 0.0215. The quantitative estimate of drug-likeness (QED) is 0.462. The van der Waals surface area contributed by atoms with Crippen molar-refractivity contribution in [2.24, 2.45) is 0 Å². The average molecular weight is 587 g/mol. The number of pyridine rings is 1. The smallest absolute Gasteiger partial charge is 0.410 e. The fourth-order valence-electron chi connectivity index (χ4n) is 6.43. The van der Waals surface area contributed by atoms with Crippen LogP contribution in [-0.2, 0) is 4.74 Å². The predicted octanol–water partition coefficient (Wildman–Crippen LogP) is 5.01. The molecule has 2 aromatic heterocycles. The van der Waals surface area contributed by atoms with Crippen LogP contribution in [0.2, 0.25) is 10.3 Å². The van der Waals surface area contributed by atoms with Gasteiger partial charge in [-0.3, -0.25) is 9.80 Å². The summed E-state index contributed by atoms with van der Waals surface area (Å²) in [5, 5.41) is -0.501. The van der Waals surface area contributed by atoms with Crippen molar-refractivity contribution in [1.29, 1.82) is 0 Å². The zero-order valence-electron chi connectivity index (χ0n) is 24.0. The molecule has 0 radical (unpaired) electrons. The highest BCUT2D eigenvalue weighted by atomic mass is 35.5. The molecule has 39 heavy (non-hydrogen) atoms. The van der Waals surface area contributed by atoms with Crippen molar-refractivity contribution in [3.63, 3.8) is 0 Å². The van der Waals surface area contributed by atoms with Crippen LogP contribution in [0.25, 0.3) is 10.9 Å². The SMILES string of the molecule is [2H]C([2H])(Oc1nc(N2CC3CCC(C2)N3C(=O)OC(C)(C)C)c2c(Cl)nc(Cl)c(F)c2n1)[C@@]12CCCN1C[C@H](F)C2. The minimum Gasteiger partial charge on any atom is -0.461 e. The van der Waals surface area contributed by atoms with Crippen LogP contribution in [0.15, 0.2) is 0 Å². The zero-order chi connectivity index (χ0) is 29.5. The van der Waals surface area contributed by atoms with Crippen molar-refractivity contribution in [2.75, 3.05) is 37.6 Å². The van der Waals surface area contributed by atoms with E-state index in [1.807, 2.05) is 25.7 Å². The maximum absolute atomic E-state index is 15.4. The summed E-state index contributed by atoms with van der Waals surface area (Å²) in [5.41, 5.74) is -2.09. The molecular weight excluding hydrogens is 553 g/mol. The Morgan fingerprint density at radius 1 is 1.15 bits per heavy atom. The van der Waals surface area contributed by atoms with E-state index in [-0.39, 0.29) is 46.9 Å². The Morgan fingerprint density at radius 3 is 2.56 bits per heavy atom. The second-order valence-corrected chi connectivity index (χ2v) is 12.5. The molecule has 13 heteroatoms. The molecule has 9 nitrogen and oxygen atoms in total. The summed E-state index contributed by atoms with van der Waals surface area (Å²) in [7, 11) is 0. The van der Waals surface area contributed by atoms with Gasteiger partial charge in [-0.05, 0) is 53.0 Å². The molecule has 2 bridgehead atoms. The van der Waals surface area contributed by atoms with Crippen molar-refractivity contribution in [1.82, 2.24) is 24.8 Å². The first-order chi connectivity index (χ1) is 19.2. The summed E-state index contributed by atoms with van der Waals surface area (Å²) in [6, 6.07) is -0.807. The van der Waals surface area contributed by atoms with E-state index in [0.717, 1.165) is 12.8 Å². The number of hydrogen-bond acceptors (Lipinski definition) is 8. The minimum atomic E-state index is -2.37. The number of piperazine rings is 1. The highest BCUT2D eigenvalue weighted by molar-refractivity contribution is 6.37. The van der Waals surface area contributed by atoms with E-state index >= 15 is 4.39 Å². The molecule has 0 aromatic carbocycles. The number of carbonyl (C=O) groups excluding carboxylic acids is 1. The molecule has 1 amide bonds. The van der Waals surface area contributed by atoms with E-state index in [4.69, 9.17) is 35.4 Å². The van der Waals surface area contributed by atoms with Crippen molar-refractivity contribution in [3.8, 4) is 6.01 Å². The van der Waals surface area contributed by atoms with Gasteiger partial charge in [0.2, 0.25) is 0 Å². The van der Waals surface area contributed by atoms with Gasteiger partial charge in [-0.2, -0.15) is 9.97 Å². The highest BCUT2D eigenvalue weighted by Gasteiger charge is 2.50. The van der Waals surface area contributed by atoms with Crippen molar-refractivity contribution >= 4 is 46.0 Å². The molecule has 6 rings (SSSR count). The Balaban J connectivity index is 1.38. The monoisotopic (exact) mass is 586 g/mol. The molecule has 2 unspecified atom stereocenters. The Labute approximate surface area is 238 Å². The van der Waals surface area contributed by atoms with E-state index < -0.39 is 46.9 Å². The molecular formula is C26H32Cl2F2N6O3. The third-order valence-electron chi connectivity index (χ3n) is 7.98. The molecule has 0 spiro atoms. The van der Waals surface area contributed by atoms with Crippen molar-refractivity contribution in [2.45, 2.75) is 82.3 Å². The van der Waals surface area contributed by atoms with Gasteiger partial charge in [-0.25, -0.2) is 18.6 Å². The van der Waals surface area contributed by atoms with E-state index in [0.29, 0.717) is 32.5 Å². The molecule has 4 aliphatic heterocycles. The molecule has 4 aliphatic rings. The Morgan fingerprint density at radius 2 is 1.87 bits per heavy atom. The van der Waals surface area contributed by atoms with Crippen LogP contribution >= 0.6 is 23.2 Å². The largest absolute Gasteiger partial charge is 0.461 e. The Hall–Kier alpha value is -2.24. The van der Waals surface area contributed by atoms with Gasteiger partial charge in [0.1, 0.15) is 34.8 Å². The maximum atomic E-state index is 15.4. The average Bonchev–Trinajstić information content (AvgIpc) is 3.49. The Bertz CT molecular complexity index is 1390. The van der Waals surface area contributed by atoms with E-state index in [9.17, 15) is 9.18 Å². The number of nitrogens with zero attached hydrogens (tertiary/aromatic N) is 6. The first kappa shape index (κ1) is 24.5. The zero-order valence-corrected chi connectivity index (χ0v) is 23.5. The number of alkyl halides is 1. The van der Waals surface area contributed by atoms with Gasteiger partial charge in [-0.1, -0.05) is 23.2 Å². The number of halogens is 4. The van der Waals surface area contributed by atoms with E-state index in [1.165, 1.54) is 0 Å². The van der Waals surface area contributed by atoms with Crippen LogP contribution < -0.4 is 9.64 Å². The maximum Gasteiger partial charge on any atom is 0.410 e. The molecule has 0 aliphatic carbocycles. The van der Waals surface area contributed by atoms with Crippen LogP contribution in [0, 0.1) is 5.82 Å². The van der Waals surface area contributed by atoms with Crippen molar-refractivity contribution < 1.29 is 25.8 Å². The lowest BCUT2D eigenvalue weighted by molar-refractivity contribution is 0.0122. The molecule has 6 heterocycles. The molecule has 0 saturated carbocycles. The predicted molar refractivity (Wildman–Crippen MR) is 143 cm³/mol. The fraction of sp³-hybridized carbons (Fsp3) is 0.692. The summed E-state index contributed by atoms with van der Waals surface area (Å²) >= 11 is 12.5. The van der Waals surface area contributed by atoms with Gasteiger partial charge in [0, 0.05) is 26.1 Å².